The highest BCUT2D eigenvalue weighted by Gasteiger charge is 2.27. The Kier molecular flexibility index (Phi) is 3.10. The van der Waals surface area contributed by atoms with E-state index < -0.39 is 5.97 Å². The molecular weight excluding hydrogens is 284 g/mol. The lowest BCUT2D eigenvalue weighted by Crippen LogP contribution is -2.16. The first-order chi connectivity index (χ1) is 9.89. The zero-order valence-corrected chi connectivity index (χ0v) is 12.9. The normalized spacial score (nSPS) is 12.0. The van der Waals surface area contributed by atoms with Crippen LogP contribution in [0.3, 0.4) is 0 Å². The summed E-state index contributed by atoms with van der Waals surface area (Å²) < 4.78 is 1.77. The number of fused-ring (bicyclic) bond motifs is 1. The molecule has 108 valence electrons. The monoisotopic (exact) mass is 300 g/mol. The lowest BCUT2D eigenvalue weighted by molar-refractivity contribution is 0.0690. The van der Waals surface area contributed by atoms with Gasteiger partial charge in [0.2, 0.25) is 0 Å². The maximum atomic E-state index is 11.8. The van der Waals surface area contributed by atoms with E-state index >= 15 is 0 Å². The Morgan fingerprint density at radius 1 is 1.24 bits per heavy atom. The molecule has 21 heavy (non-hydrogen) atoms. The fraction of sp³-hybridized carbons (Fsp3) is 0.250. The third kappa shape index (κ3) is 2.23. The number of benzene rings is 1. The summed E-state index contributed by atoms with van der Waals surface area (Å²) in [6.07, 6.45) is 0. The van der Waals surface area contributed by atoms with Crippen molar-refractivity contribution in [1.82, 2.24) is 9.38 Å². The highest BCUT2D eigenvalue weighted by molar-refractivity contribution is 7.15. The van der Waals surface area contributed by atoms with Gasteiger partial charge in [0, 0.05) is 22.1 Å². The molecule has 0 unspecified atom stereocenters. The van der Waals surface area contributed by atoms with Crippen molar-refractivity contribution in [3.63, 3.8) is 0 Å². The molecule has 0 radical (unpaired) electrons. The SMILES string of the molecule is CC(C)(C)c1csc2nc(-c3ccccc3)c(C(=O)O)n12. The van der Waals surface area contributed by atoms with Crippen molar-refractivity contribution in [3.05, 3.63) is 47.1 Å². The van der Waals surface area contributed by atoms with Crippen LogP contribution in [0.2, 0.25) is 0 Å². The number of hydrogen-bond acceptors (Lipinski definition) is 3. The van der Waals surface area contributed by atoms with Crippen LogP contribution in [0.4, 0.5) is 0 Å². The third-order valence-corrected chi connectivity index (χ3v) is 4.21. The topological polar surface area (TPSA) is 54.6 Å². The van der Waals surface area contributed by atoms with Crippen LogP contribution in [0.1, 0.15) is 37.0 Å². The van der Waals surface area contributed by atoms with E-state index in [1.54, 1.807) is 4.40 Å². The lowest BCUT2D eigenvalue weighted by atomic mass is 9.93. The third-order valence-electron chi connectivity index (χ3n) is 3.38. The van der Waals surface area contributed by atoms with Gasteiger partial charge in [0.25, 0.3) is 0 Å². The van der Waals surface area contributed by atoms with Gasteiger partial charge in [-0.15, -0.1) is 11.3 Å². The number of imidazole rings is 1. The molecule has 0 amide bonds. The molecule has 3 rings (SSSR count). The van der Waals surface area contributed by atoms with Crippen molar-refractivity contribution >= 4 is 22.3 Å². The first-order valence-electron chi connectivity index (χ1n) is 6.68. The molecule has 0 spiro atoms. The summed E-state index contributed by atoms with van der Waals surface area (Å²) in [5.74, 6) is -0.953. The number of aromatic nitrogens is 2. The smallest absolute Gasteiger partial charge is 0.355 e. The first kappa shape index (κ1) is 13.8. The van der Waals surface area contributed by atoms with E-state index in [0.717, 1.165) is 16.2 Å². The van der Waals surface area contributed by atoms with Gasteiger partial charge in [-0.25, -0.2) is 9.78 Å². The van der Waals surface area contributed by atoms with E-state index in [1.807, 2.05) is 35.7 Å². The van der Waals surface area contributed by atoms with Crippen LogP contribution in [0.5, 0.6) is 0 Å². The minimum absolute atomic E-state index is 0.142. The summed E-state index contributed by atoms with van der Waals surface area (Å²) in [4.78, 5) is 17.0. The molecule has 0 aliphatic heterocycles. The van der Waals surface area contributed by atoms with Gasteiger partial charge >= 0.3 is 5.97 Å². The lowest BCUT2D eigenvalue weighted by Gasteiger charge is -2.18. The summed E-state index contributed by atoms with van der Waals surface area (Å²) in [5.41, 5.74) is 2.42. The maximum Gasteiger partial charge on any atom is 0.355 e. The summed E-state index contributed by atoms with van der Waals surface area (Å²) in [6, 6.07) is 9.45. The molecule has 4 nitrogen and oxygen atoms in total. The van der Waals surface area contributed by atoms with Crippen molar-refractivity contribution in [2.24, 2.45) is 0 Å². The molecule has 1 N–H and O–H groups in total. The number of hydrogen-bond donors (Lipinski definition) is 1. The van der Waals surface area contributed by atoms with Gasteiger partial charge in [0.15, 0.2) is 10.7 Å². The van der Waals surface area contributed by atoms with Crippen LogP contribution in [-0.2, 0) is 5.41 Å². The molecule has 5 heteroatoms. The molecular formula is C16H16N2O2S. The van der Waals surface area contributed by atoms with Gasteiger partial charge in [-0.1, -0.05) is 51.1 Å². The molecule has 0 saturated carbocycles. The maximum absolute atomic E-state index is 11.8. The van der Waals surface area contributed by atoms with Gasteiger partial charge in [0.05, 0.1) is 0 Å². The number of aromatic carboxylic acids is 1. The number of nitrogens with zero attached hydrogens (tertiary/aromatic N) is 2. The van der Waals surface area contributed by atoms with E-state index in [-0.39, 0.29) is 11.1 Å². The number of carboxylic acid groups (broad SMARTS) is 1. The number of carbonyl (C=O) groups is 1. The fourth-order valence-corrected chi connectivity index (χ4v) is 3.49. The van der Waals surface area contributed by atoms with Gasteiger partial charge < -0.3 is 5.11 Å². The minimum Gasteiger partial charge on any atom is -0.476 e. The van der Waals surface area contributed by atoms with Crippen LogP contribution >= 0.6 is 11.3 Å². The van der Waals surface area contributed by atoms with Gasteiger partial charge in [-0.3, -0.25) is 4.40 Å². The van der Waals surface area contributed by atoms with E-state index in [9.17, 15) is 9.90 Å². The second-order valence-corrected chi connectivity index (χ2v) is 6.81. The zero-order chi connectivity index (χ0) is 15.2. The standard InChI is InChI=1S/C16H16N2O2S/c1-16(2,3)11-9-21-15-17-12(10-7-5-4-6-8-10)13(14(19)20)18(11)15/h4-9H,1-3H3,(H,19,20). The van der Waals surface area contributed by atoms with Crippen LogP contribution in [0, 0.1) is 0 Å². The number of rotatable bonds is 2. The van der Waals surface area contributed by atoms with Gasteiger partial charge in [-0.05, 0) is 0 Å². The van der Waals surface area contributed by atoms with Crippen LogP contribution in [0.15, 0.2) is 35.7 Å². The molecule has 0 aliphatic carbocycles. The number of thiazole rings is 1. The van der Waals surface area contributed by atoms with Crippen molar-refractivity contribution in [1.29, 1.82) is 0 Å². The van der Waals surface area contributed by atoms with Crippen LogP contribution in [0.25, 0.3) is 16.2 Å². The molecule has 0 bridgehead atoms. The summed E-state index contributed by atoms with van der Waals surface area (Å²) in [5, 5.41) is 11.7. The molecule has 0 aliphatic rings. The molecule has 0 saturated heterocycles. The molecule has 0 fully saturated rings. The number of carboxylic acids is 1. The molecule has 0 atom stereocenters. The fourth-order valence-electron chi connectivity index (χ4n) is 2.37. The van der Waals surface area contributed by atoms with Gasteiger partial charge in [-0.2, -0.15) is 0 Å². The molecule has 3 aromatic rings. The Labute approximate surface area is 126 Å². The predicted molar refractivity (Wildman–Crippen MR) is 84.2 cm³/mol. The van der Waals surface area contributed by atoms with Crippen molar-refractivity contribution in [3.8, 4) is 11.3 Å². The first-order valence-corrected chi connectivity index (χ1v) is 7.56. The quantitative estimate of drug-likeness (QED) is 0.776. The van der Waals surface area contributed by atoms with E-state index in [1.165, 1.54) is 11.3 Å². The van der Waals surface area contributed by atoms with Crippen molar-refractivity contribution in [2.45, 2.75) is 26.2 Å². The summed E-state index contributed by atoms with van der Waals surface area (Å²) in [6.45, 7) is 6.22. The second-order valence-electron chi connectivity index (χ2n) is 5.97. The Morgan fingerprint density at radius 3 is 2.48 bits per heavy atom. The minimum atomic E-state index is -0.953. The summed E-state index contributed by atoms with van der Waals surface area (Å²) >= 11 is 1.48. The Bertz CT molecular complexity index is 810. The Morgan fingerprint density at radius 2 is 1.90 bits per heavy atom. The van der Waals surface area contributed by atoms with Crippen molar-refractivity contribution in [2.75, 3.05) is 0 Å². The Hall–Kier alpha value is -2.14. The van der Waals surface area contributed by atoms with Gasteiger partial charge in [0.1, 0.15) is 5.69 Å². The average Bonchev–Trinajstić information content (AvgIpc) is 2.96. The van der Waals surface area contributed by atoms with Crippen LogP contribution < -0.4 is 0 Å². The average molecular weight is 300 g/mol. The highest BCUT2D eigenvalue weighted by Crippen LogP contribution is 2.33. The van der Waals surface area contributed by atoms with E-state index in [0.29, 0.717) is 5.69 Å². The second kappa shape index (κ2) is 4.70. The van der Waals surface area contributed by atoms with E-state index in [2.05, 4.69) is 25.8 Å². The molecule has 2 heterocycles. The predicted octanol–water partition coefficient (Wildman–Crippen LogP) is 4.06. The zero-order valence-electron chi connectivity index (χ0n) is 12.1. The highest BCUT2D eigenvalue weighted by atomic mass is 32.1. The molecule has 2 aromatic heterocycles. The largest absolute Gasteiger partial charge is 0.476 e. The van der Waals surface area contributed by atoms with Crippen molar-refractivity contribution < 1.29 is 9.90 Å². The molecule has 1 aromatic carbocycles. The summed E-state index contributed by atoms with van der Waals surface area (Å²) in [7, 11) is 0. The Balaban J connectivity index is 2.36. The van der Waals surface area contributed by atoms with Crippen LogP contribution in [-0.4, -0.2) is 20.5 Å². The van der Waals surface area contributed by atoms with E-state index in [4.69, 9.17) is 0 Å².